The van der Waals surface area contributed by atoms with Crippen LogP contribution in [0.5, 0.6) is 0 Å². The van der Waals surface area contributed by atoms with Crippen LogP contribution in [0.2, 0.25) is 0 Å². The number of pyridine rings is 3. The lowest BCUT2D eigenvalue weighted by Crippen LogP contribution is -2.19. The Morgan fingerprint density at radius 3 is 2.86 bits per heavy atom. The molecule has 0 unspecified atom stereocenters. The number of rotatable bonds is 3. The number of nitrogens with one attached hydrogen (secondary N) is 3. The molecule has 0 bridgehead atoms. The van der Waals surface area contributed by atoms with Gasteiger partial charge in [-0.25, -0.2) is 9.97 Å². The first kappa shape index (κ1) is 17.0. The molecule has 0 radical (unpaired) electrons. The number of carbonyl (C=O) groups excluding carboxylic acids is 1. The van der Waals surface area contributed by atoms with Gasteiger partial charge in [0.05, 0.1) is 28.2 Å². The second-order valence-corrected chi connectivity index (χ2v) is 6.61. The Balaban J connectivity index is 1.67. The average Bonchev–Trinajstić information content (AvgIpc) is 3.36. The fourth-order valence-corrected chi connectivity index (χ4v) is 3.38. The molecule has 0 fully saturated rings. The van der Waals surface area contributed by atoms with E-state index >= 15 is 0 Å². The highest BCUT2D eigenvalue weighted by Gasteiger charge is 2.16. The van der Waals surface area contributed by atoms with E-state index in [1.54, 1.807) is 38.0 Å². The lowest BCUT2D eigenvalue weighted by atomic mass is 9.99. The van der Waals surface area contributed by atoms with Crippen molar-refractivity contribution >= 4 is 28.0 Å². The summed E-state index contributed by atoms with van der Waals surface area (Å²) >= 11 is 0. The molecule has 9 heteroatoms. The number of hydrogen-bond acceptors (Lipinski definition) is 6. The molecule has 142 valence electrons. The van der Waals surface area contributed by atoms with Gasteiger partial charge in [0.15, 0.2) is 11.5 Å². The van der Waals surface area contributed by atoms with Crippen LogP contribution in [0.15, 0.2) is 43.1 Å². The van der Waals surface area contributed by atoms with E-state index in [4.69, 9.17) is 0 Å². The SMILES string of the molecule is CNC(=O)c1cncc(-c2cnc3n[nH]c(-c4nc5ccncc5[nH]4)c3c2)c1C. The van der Waals surface area contributed by atoms with Gasteiger partial charge in [-0.05, 0) is 24.6 Å². The summed E-state index contributed by atoms with van der Waals surface area (Å²) in [5.74, 6) is 0.481. The molecule has 0 atom stereocenters. The quantitative estimate of drug-likeness (QED) is 0.439. The van der Waals surface area contributed by atoms with Gasteiger partial charge in [-0.1, -0.05) is 0 Å². The minimum atomic E-state index is -0.175. The summed E-state index contributed by atoms with van der Waals surface area (Å²) in [6.45, 7) is 1.90. The lowest BCUT2D eigenvalue weighted by Gasteiger charge is -2.09. The Morgan fingerprint density at radius 2 is 2.03 bits per heavy atom. The molecule has 5 aromatic heterocycles. The molecule has 5 aromatic rings. The predicted molar refractivity (Wildman–Crippen MR) is 108 cm³/mol. The van der Waals surface area contributed by atoms with Crippen LogP contribution in [0.25, 0.3) is 44.7 Å². The number of imidazole rings is 1. The van der Waals surface area contributed by atoms with Crippen LogP contribution >= 0.6 is 0 Å². The number of hydrogen-bond donors (Lipinski definition) is 3. The predicted octanol–water partition coefficient (Wildman–Crippen LogP) is 2.63. The van der Waals surface area contributed by atoms with Gasteiger partial charge in [0, 0.05) is 43.0 Å². The largest absolute Gasteiger partial charge is 0.355 e. The lowest BCUT2D eigenvalue weighted by molar-refractivity contribution is 0.0962. The van der Waals surface area contributed by atoms with E-state index in [9.17, 15) is 4.79 Å². The van der Waals surface area contributed by atoms with Gasteiger partial charge in [0.1, 0.15) is 5.69 Å². The third kappa shape index (κ3) is 2.71. The number of H-pyrrole nitrogens is 2. The number of carbonyl (C=O) groups is 1. The van der Waals surface area contributed by atoms with Crippen LogP contribution in [-0.4, -0.2) is 48.1 Å². The maximum absolute atomic E-state index is 12.1. The minimum Gasteiger partial charge on any atom is -0.355 e. The zero-order valence-electron chi connectivity index (χ0n) is 15.7. The molecule has 0 aromatic carbocycles. The Labute approximate surface area is 164 Å². The molecular weight excluding hydrogens is 368 g/mol. The molecule has 0 aliphatic rings. The third-order valence-electron chi connectivity index (χ3n) is 4.93. The van der Waals surface area contributed by atoms with Crippen LogP contribution < -0.4 is 5.32 Å². The van der Waals surface area contributed by atoms with Gasteiger partial charge >= 0.3 is 0 Å². The first-order valence-corrected chi connectivity index (χ1v) is 8.97. The van der Waals surface area contributed by atoms with Crippen LogP contribution in [0, 0.1) is 6.92 Å². The van der Waals surface area contributed by atoms with Crippen molar-refractivity contribution in [1.29, 1.82) is 0 Å². The fourth-order valence-electron chi connectivity index (χ4n) is 3.38. The highest BCUT2D eigenvalue weighted by Crippen LogP contribution is 2.30. The van der Waals surface area contributed by atoms with Crippen molar-refractivity contribution in [2.24, 2.45) is 0 Å². The van der Waals surface area contributed by atoms with Gasteiger partial charge in [-0.3, -0.25) is 19.9 Å². The van der Waals surface area contributed by atoms with E-state index in [-0.39, 0.29) is 5.91 Å². The molecule has 0 aliphatic heterocycles. The molecule has 1 amide bonds. The summed E-state index contributed by atoms with van der Waals surface area (Å²) < 4.78 is 0. The molecule has 3 N–H and O–H groups in total. The molecule has 5 heterocycles. The number of aromatic amines is 2. The van der Waals surface area contributed by atoms with E-state index in [2.05, 4.69) is 40.4 Å². The van der Waals surface area contributed by atoms with Gasteiger partial charge in [-0.2, -0.15) is 5.10 Å². The summed E-state index contributed by atoms with van der Waals surface area (Å²) in [4.78, 5) is 32.8. The van der Waals surface area contributed by atoms with Gasteiger partial charge in [0.25, 0.3) is 5.91 Å². The molecule has 5 rings (SSSR count). The van der Waals surface area contributed by atoms with Crippen LogP contribution in [0.4, 0.5) is 0 Å². The molecular formula is C20H16N8O. The summed E-state index contributed by atoms with van der Waals surface area (Å²) in [6, 6.07) is 3.82. The van der Waals surface area contributed by atoms with E-state index in [0.717, 1.165) is 38.8 Å². The second kappa shape index (κ2) is 6.48. The maximum Gasteiger partial charge on any atom is 0.252 e. The van der Waals surface area contributed by atoms with Gasteiger partial charge in [0.2, 0.25) is 0 Å². The standard InChI is InChI=1S/C20H16N8O/c1-10-13(7-23-8-14(10)20(29)21-2)11-5-12-17(27-28-18(12)24-6-11)19-25-15-3-4-22-9-16(15)26-19/h3-9H,1-2H3,(H,21,29)(H,25,26)(H,24,27,28). The topological polar surface area (TPSA) is 125 Å². The van der Waals surface area contributed by atoms with Crippen LogP contribution in [-0.2, 0) is 0 Å². The fraction of sp³-hybridized carbons (Fsp3) is 0.100. The van der Waals surface area contributed by atoms with E-state index in [1.807, 2.05) is 19.1 Å². The molecule has 0 saturated heterocycles. The second-order valence-electron chi connectivity index (χ2n) is 6.61. The van der Waals surface area contributed by atoms with Crippen molar-refractivity contribution in [2.45, 2.75) is 6.92 Å². The van der Waals surface area contributed by atoms with Crippen molar-refractivity contribution < 1.29 is 4.79 Å². The van der Waals surface area contributed by atoms with E-state index in [0.29, 0.717) is 17.0 Å². The first-order valence-electron chi connectivity index (χ1n) is 8.97. The van der Waals surface area contributed by atoms with Gasteiger partial charge < -0.3 is 10.3 Å². The summed E-state index contributed by atoms with van der Waals surface area (Å²) in [5, 5.41) is 10.8. The Bertz CT molecular complexity index is 1350. The molecule has 9 nitrogen and oxygen atoms in total. The monoisotopic (exact) mass is 384 g/mol. The van der Waals surface area contributed by atoms with Gasteiger partial charge in [-0.15, -0.1) is 0 Å². The smallest absolute Gasteiger partial charge is 0.252 e. The third-order valence-corrected chi connectivity index (χ3v) is 4.93. The zero-order chi connectivity index (χ0) is 20.0. The maximum atomic E-state index is 12.1. The normalized spacial score (nSPS) is 11.2. The number of amides is 1. The highest BCUT2D eigenvalue weighted by atomic mass is 16.1. The van der Waals surface area contributed by atoms with Crippen molar-refractivity contribution in [3.63, 3.8) is 0 Å². The Hall–Kier alpha value is -4.14. The summed E-state index contributed by atoms with van der Waals surface area (Å²) in [6.07, 6.45) is 8.46. The average molecular weight is 384 g/mol. The van der Waals surface area contributed by atoms with Crippen LogP contribution in [0.1, 0.15) is 15.9 Å². The van der Waals surface area contributed by atoms with Crippen molar-refractivity contribution in [2.75, 3.05) is 7.05 Å². The number of nitrogens with zero attached hydrogens (tertiary/aromatic N) is 5. The Morgan fingerprint density at radius 1 is 1.14 bits per heavy atom. The van der Waals surface area contributed by atoms with Crippen molar-refractivity contribution in [1.82, 2.24) is 40.4 Å². The molecule has 0 aliphatic carbocycles. The zero-order valence-corrected chi connectivity index (χ0v) is 15.7. The van der Waals surface area contributed by atoms with E-state index in [1.165, 1.54) is 0 Å². The molecule has 0 saturated carbocycles. The van der Waals surface area contributed by atoms with Crippen LogP contribution in [0.3, 0.4) is 0 Å². The molecule has 0 spiro atoms. The van der Waals surface area contributed by atoms with Crippen molar-refractivity contribution in [3.05, 3.63) is 54.2 Å². The number of fused-ring (bicyclic) bond motifs is 2. The summed E-state index contributed by atoms with van der Waals surface area (Å²) in [5.41, 5.74) is 6.01. The van der Waals surface area contributed by atoms with Crippen molar-refractivity contribution in [3.8, 4) is 22.6 Å². The highest BCUT2D eigenvalue weighted by molar-refractivity contribution is 5.98. The minimum absolute atomic E-state index is 0.175. The van der Waals surface area contributed by atoms with E-state index < -0.39 is 0 Å². The number of aromatic nitrogens is 7. The Kier molecular flexibility index (Phi) is 3.80. The first-order chi connectivity index (χ1) is 14.2. The molecule has 29 heavy (non-hydrogen) atoms. The summed E-state index contributed by atoms with van der Waals surface area (Å²) in [7, 11) is 1.60.